The fourth-order valence-electron chi connectivity index (χ4n) is 4.28. The average molecular weight is 463 g/mol. The lowest BCUT2D eigenvalue weighted by molar-refractivity contribution is -0.132. The van der Waals surface area contributed by atoms with E-state index in [-0.39, 0.29) is 22.8 Å². The summed E-state index contributed by atoms with van der Waals surface area (Å²) in [6.07, 6.45) is 0. The molecule has 1 unspecified atom stereocenters. The molecule has 7 heteroatoms. The molecule has 1 saturated heterocycles. The van der Waals surface area contributed by atoms with Crippen molar-refractivity contribution in [3.05, 3.63) is 93.9 Å². The monoisotopic (exact) mass is 462 g/mol. The highest BCUT2D eigenvalue weighted by molar-refractivity contribution is 8.00. The number of carbonyl (C=O) groups is 1. The van der Waals surface area contributed by atoms with Gasteiger partial charge in [-0.3, -0.25) is 19.1 Å². The zero-order valence-electron chi connectivity index (χ0n) is 19.3. The number of thioether (sulfide) groups is 1. The largest absolute Gasteiger partial charge is 0.339 e. The van der Waals surface area contributed by atoms with Gasteiger partial charge in [0.05, 0.1) is 11.3 Å². The van der Waals surface area contributed by atoms with Crippen LogP contribution in [-0.2, 0) is 11.8 Å². The molecule has 2 heterocycles. The normalized spacial score (nSPS) is 15.6. The average Bonchev–Trinajstić information content (AvgIpc) is 2.84. The molecule has 2 aromatic carbocycles. The smallest absolute Gasteiger partial charge is 0.254 e. The first kappa shape index (κ1) is 23.3. The lowest BCUT2D eigenvalue weighted by Gasteiger charge is -2.40. The molecule has 0 spiro atoms. The minimum Gasteiger partial charge on any atom is -0.339 e. The first-order valence-corrected chi connectivity index (χ1v) is 12.2. The summed E-state index contributed by atoms with van der Waals surface area (Å²) in [6.45, 7) is 6.66. The van der Waals surface area contributed by atoms with Crippen LogP contribution in [0.3, 0.4) is 0 Å². The Hall–Kier alpha value is -2.90. The zero-order chi connectivity index (χ0) is 23.4. The second-order valence-electron chi connectivity index (χ2n) is 8.42. The summed E-state index contributed by atoms with van der Waals surface area (Å²) in [5.74, 6) is 0.0892. The number of hydrogen-bond donors (Lipinski definition) is 0. The van der Waals surface area contributed by atoms with Crippen LogP contribution in [-0.4, -0.2) is 56.7 Å². The SMILES string of the molecule is Cc1cc(=O)n(C)c(SC(C)C(=O)N2CCN(C(c3ccccc3)c3ccccc3)CC2)n1. The maximum absolute atomic E-state index is 13.2. The van der Waals surface area contributed by atoms with E-state index in [1.807, 2.05) is 24.0 Å². The van der Waals surface area contributed by atoms with E-state index in [0.717, 1.165) is 13.1 Å². The summed E-state index contributed by atoms with van der Waals surface area (Å²) in [5.41, 5.74) is 3.09. The van der Waals surface area contributed by atoms with Gasteiger partial charge in [-0.05, 0) is 25.0 Å². The molecule has 6 nitrogen and oxygen atoms in total. The van der Waals surface area contributed by atoms with Crippen molar-refractivity contribution in [3.8, 4) is 0 Å². The Bertz CT molecular complexity index is 1100. The highest BCUT2D eigenvalue weighted by Gasteiger charge is 2.30. The Morgan fingerprint density at radius 3 is 2.03 bits per heavy atom. The Balaban J connectivity index is 1.44. The van der Waals surface area contributed by atoms with Crippen molar-refractivity contribution in [1.29, 1.82) is 0 Å². The van der Waals surface area contributed by atoms with Crippen LogP contribution in [0.2, 0.25) is 0 Å². The van der Waals surface area contributed by atoms with Gasteiger partial charge in [0.25, 0.3) is 5.56 Å². The molecule has 172 valence electrons. The number of amides is 1. The molecule has 0 N–H and O–H groups in total. The molecule has 1 amide bonds. The van der Waals surface area contributed by atoms with Crippen LogP contribution in [0, 0.1) is 6.92 Å². The van der Waals surface area contributed by atoms with Crippen LogP contribution in [0.4, 0.5) is 0 Å². The van der Waals surface area contributed by atoms with E-state index >= 15 is 0 Å². The van der Waals surface area contributed by atoms with E-state index in [9.17, 15) is 9.59 Å². The fraction of sp³-hybridized carbons (Fsp3) is 0.346. The maximum atomic E-state index is 13.2. The van der Waals surface area contributed by atoms with Gasteiger partial charge in [-0.2, -0.15) is 0 Å². The van der Waals surface area contributed by atoms with Crippen molar-refractivity contribution in [3.63, 3.8) is 0 Å². The molecular weight excluding hydrogens is 432 g/mol. The summed E-state index contributed by atoms with van der Waals surface area (Å²) >= 11 is 1.35. The van der Waals surface area contributed by atoms with Crippen molar-refractivity contribution in [2.75, 3.05) is 26.2 Å². The van der Waals surface area contributed by atoms with Gasteiger partial charge in [0, 0.05) is 45.0 Å². The van der Waals surface area contributed by atoms with Crippen LogP contribution in [0.1, 0.15) is 29.8 Å². The van der Waals surface area contributed by atoms with Gasteiger partial charge >= 0.3 is 0 Å². The molecule has 33 heavy (non-hydrogen) atoms. The van der Waals surface area contributed by atoms with Crippen molar-refractivity contribution in [2.24, 2.45) is 7.05 Å². The lowest BCUT2D eigenvalue weighted by Crippen LogP contribution is -2.51. The van der Waals surface area contributed by atoms with Crippen LogP contribution in [0.25, 0.3) is 0 Å². The molecule has 1 aliphatic heterocycles. The van der Waals surface area contributed by atoms with E-state index in [2.05, 4.69) is 58.4 Å². The van der Waals surface area contributed by atoms with Gasteiger partial charge < -0.3 is 4.90 Å². The second-order valence-corrected chi connectivity index (χ2v) is 9.73. The number of rotatable bonds is 6. The molecule has 0 saturated carbocycles. The maximum Gasteiger partial charge on any atom is 0.254 e. The minimum atomic E-state index is -0.310. The molecule has 1 aliphatic rings. The third-order valence-electron chi connectivity index (χ3n) is 6.07. The van der Waals surface area contributed by atoms with E-state index in [4.69, 9.17) is 0 Å². The fourth-order valence-corrected chi connectivity index (χ4v) is 5.30. The van der Waals surface area contributed by atoms with Gasteiger partial charge in [-0.1, -0.05) is 72.4 Å². The standard InChI is InChI=1S/C26H30N4O2S/c1-19-18-23(31)28(3)26(27-19)33-20(2)25(32)30-16-14-29(15-17-30)24(21-10-6-4-7-11-21)22-12-8-5-9-13-22/h4-13,18,20,24H,14-17H2,1-3H3. The third kappa shape index (κ3) is 5.37. The number of aromatic nitrogens is 2. The molecule has 1 aromatic heterocycles. The highest BCUT2D eigenvalue weighted by atomic mass is 32.2. The van der Waals surface area contributed by atoms with Gasteiger partial charge in [0.15, 0.2) is 5.16 Å². The van der Waals surface area contributed by atoms with Gasteiger partial charge in [-0.15, -0.1) is 0 Å². The molecule has 4 rings (SSSR count). The predicted molar refractivity (Wildman–Crippen MR) is 132 cm³/mol. The van der Waals surface area contributed by atoms with Crippen molar-refractivity contribution in [2.45, 2.75) is 30.3 Å². The lowest BCUT2D eigenvalue weighted by atomic mass is 9.96. The molecule has 0 radical (unpaired) electrons. The molecule has 0 aliphatic carbocycles. The van der Waals surface area contributed by atoms with E-state index in [0.29, 0.717) is 23.9 Å². The van der Waals surface area contributed by atoms with E-state index in [1.165, 1.54) is 33.5 Å². The summed E-state index contributed by atoms with van der Waals surface area (Å²) in [7, 11) is 1.69. The predicted octanol–water partition coefficient (Wildman–Crippen LogP) is 3.50. The van der Waals surface area contributed by atoms with E-state index < -0.39 is 0 Å². The van der Waals surface area contributed by atoms with E-state index in [1.54, 1.807) is 14.0 Å². The topological polar surface area (TPSA) is 58.4 Å². The second kappa shape index (κ2) is 10.4. The molecular formula is C26H30N4O2S. The number of benzene rings is 2. The molecule has 0 bridgehead atoms. The highest BCUT2D eigenvalue weighted by Crippen LogP contribution is 2.30. The van der Waals surface area contributed by atoms with Crippen LogP contribution < -0.4 is 5.56 Å². The third-order valence-corrected chi connectivity index (χ3v) is 7.20. The van der Waals surface area contributed by atoms with Gasteiger partial charge in [0.1, 0.15) is 0 Å². The number of carbonyl (C=O) groups excluding carboxylic acids is 1. The van der Waals surface area contributed by atoms with Crippen molar-refractivity contribution < 1.29 is 4.79 Å². The molecule has 1 fully saturated rings. The quantitative estimate of drug-likeness (QED) is 0.415. The number of aryl methyl sites for hydroxylation is 1. The molecule has 1 atom stereocenters. The van der Waals surface area contributed by atoms with Crippen LogP contribution >= 0.6 is 11.8 Å². The van der Waals surface area contributed by atoms with Gasteiger partial charge in [-0.25, -0.2) is 4.98 Å². The van der Waals surface area contributed by atoms with Crippen molar-refractivity contribution >= 4 is 17.7 Å². The first-order valence-electron chi connectivity index (χ1n) is 11.3. The zero-order valence-corrected chi connectivity index (χ0v) is 20.2. The van der Waals surface area contributed by atoms with Crippen molar-refractivity contribution in [1.82, 2.24) is 19.4 Å². The summed E-state index contributed by atoms with van der Waals surface area (Å²) in [4.78, 5) is 34.1. The number of piperazine rings is 1. The van der Waals surface area contributed by atoms with Crippen LogP contribution in [0.15, 0.2) is 76.7 Å². The van der Waals surface area contributed by atoms with Gasteiger partial charge in [0.2, 0.25) is 5.91 Å². The Kier molecular flexibility index (Phi) is 7.30. The first-order chi connectivity index (χ1) is 15.9. The Labute approximate surface area is 199 Å². The van der Waals surface area contributed by atoms with Crippen LogP contribution in [0.5, 0.6) is 0 Å². The number of nitrogens with zero attached hydrogens (tertiary/aromatic N) is 4. The Morgan fingerprint density at radius 2 is 1.48 bits per heavy atom. The summed E-state index contributed by atoms with van der Waals surface area (Å²) < 4.78 is 1.50. The minimum absolute atomic E-state index is 0.0892. The summed E-state index contributed by atoms with van der Waals surface area (Å²) in [6, 6.07) is 22.8. The summed E-state index contributed by atoms with van der Waals surface area (Å²) in [5, 5.41) is 0.267. The number of hydrogen-bond acceptors (Lipinski definition) is 5. The molecule has 3 aromatic rings. The Morgan fingerprint density at radius 1 is 0.939 bits per heavy atom.